The fourth-order valence-corrected chi connectivity index (χ4v) is 4.65. The van der Waals surface area contributed by atoms with Gasteiger partial charge in [0, 0.05) is 61.7 Å². The van der Waals surface area contributed by atoms with Gasteiger partial charge in [0.2, 0.25) is 0 Å². The molecule has 0 atom stereocenters. The quantitative estimate of drug-likeness (QED) is 0.413. The molecule has 0 spiro atoms. The zero-order valence-electron chi connectivity index (χ0n) is 19.8. The highest BCUT2D eigenvalue weighted by atomic mass is 16.1. The summed E-state index contributed by atoms with van der Waals surface area (Å²) in [7, 11) is 0. The molecule has 0 saturated carbocycles. The van der Waals surface area contributed by atoms with Crippen molar-refractivity contribution in [3.8, 4) is 0 Å². The van der Waals surface area contributed by atoms with Gasteiger partial charge in [0.25, 0.3) is 5.56 Å². The van der Waals surface area contributed by atoms with E-state index in [1.807, 2.05) is 12.1 Å². The maximum absolute atomic E-state index is 12.5. The monoisotopic (exact) mass is 452 g/mol. The molecule has 2 N–H and O–H groups in total. The second-order valence-corrected chi connectivity index (χ2v) is 9.05. The smallest absolute Gasteiger partial charge is 0.253 e. The Morgan fingerprint density at radius 3 is 2.35 bits per heavy atom. The first kappa shape index (κ1) is 22.2. The maximum atomic E-state index is 12.5. The number of aromatic nitrogens is 1. The Kier molecular flexibility index (Phi) is 6.63. The van der Waals surface area contributed by atoms with E-state index in [1.54, 1.807) is 0 Å². The van der Waals surface area contributed by atoms with E-state index in [1.165, 1.54) is 16.8 Å². The fourth-order valence-electron chi connectivity index (χ4n) is 4.65. The van der Waals surface area contributed by atoms with Crippen molar-refractivity contribution in [1.82, 2.24) is 9.88 Å². The standard InChI is InChI=1S/C29H32N4O/c1-2-22-8-13-28-24(18-22)19-25(29(34)31-28)20-30-26-9-11-27(12-10-26)33-16-14-32(15-17-33)21-23-6-4-3-5-7-23/h3-13,18-19,30H,2,14-17,20-21H2,1H3,(H,31,34). The topological polar surface area (TPSA) is 51.4 Å². The van der Waals surface area contributed by atoms with Gasteiger partial charge in [-0.3, -0.25) is 9.69 Å². The van der Waals surface area contributed by atoms with Crippen molar-refractivity contribution in [2.75, 3.05) is 36.4 Å². The van der Waals surface area contributed by atoms with E-state index in [9.17, 15) is 4.79 Å². The van der Waals surface area contributed by atoms with Crippen LogP contribution in [-0.4, -0.2) is 36.1 Å². The Balaban J connectivity index is 1.17. The zero-order chi connectivity index (χ0) is 23.3. The second kappa shape index (κ2) is 10.1. The van der Waals surface area contributed by atoms with Crippen molar-refractivity contribution in [2.24, 2.45) is 0 Å². The van der Waals surface area contributed by atoms with Crippen molar-refractivity contribution < 1.29 is 0 Å². The summed E-state index contributed by atoms with van der Waals surface area (Å²) in [4.78, 5) is 20.5. The van der Waals surface area contributed by atoms with E-state index in [0.29, 0.717) is 6.54 Å². The van der Waals surface area contributed by atoms with Crippen LogP contribution in [0.2, 0.25) is 0 Å². The molecule has 1 aliphatic rings. The fraction of sp³-hybridized carbons (Fsp3) is 0.276. The van der Waals surface area contributed by atoms with Crippen LogP contribution in [0.3, 0.4) is 0 Å². The summed E-state index contributed by atoms with van der Waals surface area (Å²) in [6.45, 7) is 7.87. The van der Waals surface area contributed by atoms with Crippen LogP contribution in [0, 0.1) is 0 Å². The molecule has 4 aromatic rings. The largest absolute Gasteiger partial charge is 0.381 e. The van der Waals surface area contributed by atoms with Gasteiger partial charge in [-0.05, 0) is 65.4 Å². The minimum atomic E-state index is -0.0331. The first-order chi connectivity index (χ1) is 16.7. The SMILES string of the molecule is CCc1ccc2[nH]c(=O)c(CNc3ccc(N4CCN(Cc5ccccc5)CC4)cc3)cc2c1. The average molecular weight is 453 g/mol. The van der Waals surface area contributed by atoms with Crippen LogP contribution >= 0.6 is 0 Å². The minimum absolute atomic E-state index is 0.0331. The molecular weight excluding hydrogens is 420 g/mol. The van der Waals surface area contributed by atoms with Gasteiger partial charge in [-0.25, -0.2) is 0 Å². The average Bonchev–Trinajstić information content (AvgIpc) is 2.88. The van der Waals surface area contributed by atoms with Crippen molar-refractivity contribution in [1.29, 1.82) is 0 Å². The normalized spacial score (nSPS) is 14.4. The summed E-state index contributed by atoms with van der Waals surface area (Å²) in [6, 6.07) is 27.5. The molecule has 34 heavy (non-hydrogen) atoms. The third kappa shape index (κ3) is 5.15. The van der Waals surface area contributed by atoms with Crippen molar-refractivity contribution in [2.45, 2.75) is 26.4 Å². The van der Waals surface area contributed by atoms with Crippen molar-refractivity contribution >= 4 is 22.3 Å². The van der Waals surface area contributed by atoms with Gasteiger partial charge in [0.1, 0.15) is 0 Å². The Labute approximate surface area is 201 Å². The van der Waals surface area contributed by atoms with Gasteiger partial charge in [-0.1, -0.05) is 43.3 Å². The number of nitrogens with zero attached hydrogens (tertiary/aromatic N) is 2. The molecule has 0 amide bonds. The molecule has 5 heteroatoms. The number of fused-ring (bicyclic) bond motifs is 1. The van der Waals surface area contributed by atoms with E-state index in [-0.39, 0.29) is 5.56 Å². The third-order valence-corrected chi connectivity index (χ3v) is 6.73. The van der Waals surface area contributed by atoms with Gasteiger partial charge in [-0.2, -0.15) is 0 Å². The molecule has 0 bridgehead atoms. The molecule has 2 heterocycles. The summed E-state index contributed by atoms with van der Waals surface area (Å²) in [6.07, 6.45) is 0.983. The molecule has 1 fully saturated rings. The highest BCUT2D eigenvalue weighted by Gasteiger charge is 2.17. The van der Waals surface area contributed by atoms with Crippen LogP contribution in [-0.2, 0) is 19.5 Å². The first-order valence-corrected chi connectivity index (χ1v) is 12.2. The van der Waals surface area contributed by atoms with E-state index < -0.39 is 0 Å². The highest BCUT2D eigenvalue weighted by Crippen LogP contribution is 2.21. The van der Waals surface area contributed by atoms with Crippen molar-refractivity contribution in [3.05, 3.63) is 106 Å². The van der Waals surface area contributed by atoms with Gasteiger partial charge in [-0.15, -0.1) is 0 Å². The summed E-state index contributed by atoms with van der Waals surface area (Å²) in [5, 5.41) is 4.49. The number of aryl methyl sites for hydroxylation is 1. The minimum Gasteiger partial charge on any atom is -0.381 e. The number of pyridine rings is 1. The van der Waals surface area contributed by atoms with Gasteiger partial charge in [0.15, 0.2) is 0 Å². The van der Waals surface area contributed by atoms with Crippen molar-refractivity contribution in [3.63, 3.8) is 0 Å². The molecule has 0 unspecified atom stereocenters. The number of nitrogens with one attached hydrogen (secondary N) is 2. The Bertz CT molecular complexity index is 1290. The number of H-pyrrole nitrogens is 1. The summed E-state index contributed by atoms with van der Waals surface area (Å²) < 4.78 is 0. The highest BCUT2D eigenvalue weighted by molar-refractivity contribution is 5.79. The lowest BCUT2D eigenvalue weighted by Gasteiger charge is -2.36. The van der Waals surface area contributed by atoms with Crippen LogP contribution < -0.4 is 15.8 Å². The van der Waals surface area contributed by atoms with Gasteiger partial charge in [0.05, 0.1) is 0 Å². The molecule has 1 aromatic heterocycles. The molecule has 5 rings (SSSR count). The van der Waals surface area contributed by atoms with E-state index >= 15 is 0 Å². The Hall–Kier alpha value is -3.57. The number of benzene rings is 3. The molecule has 3 aromatic carbocycles. The molecule has 1 saturated heterocycles. The summed E-state index contributed by atoms with van der Waals surface area (Å²) in [5.41, 5.74) is 6.53. The van der Waals surface area contributed by atoms with Crippen LogP contribution in [0.4, 0.5) is 11.4 Å². The second-order valence-electron chi connectivity index (χ2n) is 9.05. The lowest BCUT2D eigenvalue weighted by Crippen LogP contribution is -2.45. The molecular formula is C29H32N4O. The van der Waals surface area contributed by atoms with E-state index in [0.717, 1.165) is 61.3 Å². The number of anilines is 2. The van der Waals surface area contributed by atoms with Crippen LogP contribution in [0.15, 0.2) is 83.7 Å². The summed E-state index contributed by atoms with van der Waals surface area (Å²) >= 11 is 0. The molecule has 0 radical (unpaired) electrons. The predicted octanol–water partition coefficient (Wildman–Crippen LogP) is 5.02. The maximum Gasteiger partial charge on any atom is 0.253 e. The van der Waals surface area contributed by atoms with Gasteiger partial charge >= 0.3 is 0 Å². The zero-order valence-corrected chi connectivity index (χ0v) is 19.8. The van der Waals surface area contributed by atoms with Crippen LogP contribution in [0.5, 0.6) is 0 Å². The van der Waals surface area contributed by atoms with Crippen LogP contribution in [0.1, 0.15) is 23.6 Å². The van der Waals surface area contributed by atoms with Crippen LogP contribution in [0.25, 0.3) is 10.9 Å². The molecule has 1 aliphatic heterocycles. The van der Waals surface area contributed by atoms with E-state index in [2.05, 4.69) is 93.8 Å². The number of hydrogen-bond donors (Lipinski definition) is 2. The Morgan fingerprint density at radius 2 is 1.62 bits per heavy atom. The third-order valence-electron chi connectivity index (χ3n) is 6.73. The summed E-state index contributed by atoms with van der Waals surface area (Å²) in [5.74, 6) is 0. The first-order valence-electron chi connectivity index (χ1n) is 12.2. The molecule has 174 valence electrons. The number of aromatic amines is 1. The number of piperazine rings is 1. The van der Waals surface area contributed by atoms with E-state index in [4.69, 9.17) is 0 Å². The number of hydrogen-bond acceptors (Lipinski definition) is 4. The molecule has 5 nitrogen and oxygen atoms in total. The lowest BCUT2D eigenvalue weighted by molar-refractivity contribution is 0.250. The Morgan fingerprint density at radius 1 is 0.853 bits per heavy atom. The lowest BCUT2D eigenvalue weighted by atomic mass is 10.1. The number of rotatable bonds is 7. The predicted molar refractivity (Wildman–Crippen MR) is 142 cm³/mol. The molecule has 0 aliphatic carbocycles. The van der Waals surface area contributed by atoms with Gasteiger partial charge < -0.3 is 15.2 Å².